The molecular weight excluding hydrogens is 442 g/mol. The largest absolute Gasteiger partial charge is 0.465 e. The monoisotopic (exact) mass is 471 g/mol. The number of thiophene rings is 1. The molecule has 1 unspecified atom stereocenters. The first-order valence-corrected chi connectivity index (χ1v) is 12.5. The van der Waals surface area contributed by atoms with Gasteiger partial charge in [0, 0.05) is 22.7 Å². The predicted octanol–water partition coefficient (Wildman–Crippen LogP) is 5.38. The van der Waals surface area contributed by atoms with Gasteiger partial charge in [0.1, 0.15) is 16.1 Å². The molecule has 3 rings (SSSR count). The zero-order valence-electron chi connectivity index (χ0n) is 19.2. The van der Waals surface area contributed by atoms with Crippen LogP contribution in [0.4, 0.5) is 5.00 Å². The van der Waals surface area contributed by atoms with E-state index in [1.807, 2.05) is 6.92 Å². The molecule has 0 saturated heterocycles. The van der Waals surface area contributed by atoms with E-state index in [4.69, 9.17) is 4.74 Å². The van der Waals surface area contributed by atoms with Crippen molar-refractivity contribution in [2.75, 3.05) is 18.2 Å². The maximum absolute atomic E-state index is 12.7. The highest BCUT2D eigenvalue weighted by Gasteiger charge is 2.34. The first-order chi connectivity index (χ1) is 15.1. The van der Waals surface area contributed by atoms with E-state index in [1.54, 1.807) is 12.1 Å². The second-order valence-corrected chi connectivity index (χ2v) is 11.3. The maximum atomic E-state index is 12.7. The van der Waals surface area contributed by atoms with Crippen molar-refractivity contribution in [3.63, 3.8) is 0 Å². The third-order valence-corrected chi connectivity index (χ3v) is 7.98. The van der Waals surface area contributed by atoms with Crippen molar-refractivity contribution in [3.05, 3.63) is 39.4 Å². The van der Waals surface area contributed by atoms with E-state index in [2.05, 4.69) is 37.1 Å². The summed E-state index contributed by atoms with van der Waals surface area (Å²) in [6, 6.07) is 5.68. The Bertz CT molecular complexity index is 1060. The summed E-state index contributed by atoms with van der Waals surface area (Å²) in [5.74, 6) is 0.459. The number of ether oxygens (including phenoxy) is 1. The number of amides is 1. The van der Waals surface area contributed by atoms with Gasteiger partial charge in [0.25, 0.3) is 0 Å². The smallest absolute Gasteiger partial charge is 0.341 e. The summed E-state index contributed by atoms with van der Waals surface area (Å²) in [5.41, 5.74) is 3.06. The highest BCUT2D eigenvalue weighted by molar-refractivity contribution is 7.99. The summed E-state index contributed by atoms with van der Waals surface area (Å²) in [6.07, 6.45) is 3.00. The fourth-order valence-corrected chi connectivity index (χ4v) is 6.18. The van der Waals surface area contributed by atoms with Crippen LogP contribution in [0.15, 0.2) is 17.2 Å². The first kappa shape index (κ1) is 24.3. The van der Waals surface area contributed by atoms with Gasteiger partial charge in [0.2, 0.25) is 5.91 Å². The van der Waals surface area contributed by atoms with E-state index in [0.29, 0.717) is 32.8 Å². The number of hydrogen-bond acceptors (Lipinski definition) is 7. The van der Waals surface area contributed by atoms with E-state index in [9.17, 15) is 14.9 Å². The molecule has 2 heterocycles. The first-order valence-electron chi connectivity index (χ1n) is 10.7. The van der Waals surface area contributed by atoms with Gasteiger partial charge < -0.3 is 10.1 Å². The molecule has 0 spiro atoms. The summed E-state index contributed by atoms with van der Waals surface area (Å²) in [5, 5.41) is 13.4. The van der Waals surface area contributed by atoms with Crippen LogP contribution in [0.5, 0.6) is 0 Å². The summed E-state index contributed by atoms with van der Waals surface area (Å²) >= 11 is 2.88. The van der Waals surface area contributed by atoms with Crippen molar-refractivity contribution in [3.8, 4) is 6.07 Å². The second kappa shape index (κ2) is 10.1. The molecule has 0 aliphatic heterocycles. The average molecular weight is 472 g/mol. The van der Waals surface area contributed by atoms with Crippen LogP contribution in [0, 0.1) is 29.6 Å². The number of carbonyl (C=O) groups is 2. The Hall–Kier alpha value is -2.37. The van der Waals surface area contributed by atoms with E-state index in [1.165, 1.54) is 35.1 Å². The molecule has 170 valence electrons. The number of nitrogens with one attached hydrogen (secondary N) is 1. The number of pyridine rings is 1. The van der Waals surface area contributed by atoms with Gasteiger partial charge in [-0.25, -0.2) is 9.78 Å². The van der Waals surface area contributed by atoms with Crippen molar-refractivity contribution in [2.24, 2.45) is 11.3 Å². The quantitative estimate of drug-likeness (QED) is 0.449. The summed E-state index contributed by atoms with van der Waals surface area (Å²) in [7, 11) is 1.37. The molecular formula is C24H29N3O3S2. The van der Waals surface area contributed by atoms with Crippen molar-refractivity contribution in [1.29, 1.82) is 5.26 Å². The van der Waals surface area contributed by atoms with Gasteiger partial charge in [-0.05, 0) is 55.2 Å². The number of aryl methyl sites for hydroxylation is 1. The topological polar surface area (TPSA) is 92.1 Å². The number of methoxy groups -OCH3 is 1. The third kappa shape index (κ3) is 5.51. The van der Waals surface area contributed by atoms with E-state index in [0.717, 1.165) is 30.5 Å². The molecule has 1 aliphatic rings. The SMILES string of the molecule is COC(=O)c1c(NC(=O)CCSc2nc(C)ccc2C#N)sc2c1CCC(C(C)(C)C)C2. The van der Waals surface area contributed by atoms with Gasteiger partial charge in [-0.15, -0.1) is 23.1 Å². The van der Waals surface area contributed by atoms with Crippen molar-refractivity contribution < 1.29 is 14.3 Å². The summed E-state index contributed by atoms with van der Waals surface area (Å²) < 4.78 is 5.03. The Morgan fingerprint density at radius 1 is 1.38 bits per heavy atom. The van der Waals surface area contributed by atoms with Crippen LogP contribution >= 0.6 is 23.1 Å². The van der Waals surface area contributed by atoms with E-state index in [-0.39, 0.29) is 17.7 Å². The van der Waals surface area contributed by atoms with Gasteiger partial charge >= 0.3 is 5.97 Å². The molecule has 2 aromatic rings. The molecule has 2 aromatic heterocycles. The number of anilines is 1. The lowest BCUT2D eigenvalue weighted by Gasteiger charge is -2.33. The highest BCUT2D eigenvalue weighted by Crippen LogP contribution is 2.44. The van der Waals surface area contributed by atoms with Crippen LogP contribution in [0.25, 0.3) is 0 Å². The van der Waals surface area contributed by atoms with Crippen LogP contribution in [-0.2, 0) is 22.4 Å². The van der Waals surface area contributed by atoms with Gasteiger partial charge in [0.05, 0.1) is 18.2 Å². The molecule has 1 amide bonds. The molecule has 0 aromatic carbocycles. The molecule has 0 saturated carbocycles. The number of hydrogen-bond donors (Lipinski definition) is 1. The van der Waals surface area contributed by atoms with Crippen molar-refractivity contribution in [2.45, 2.75) is 58.4 Å². The van der Waals surface area contributed by atoms with Crippen molar-refractivity contribution >= 4 is 40.0 Å². The number of rotatable bonds is 6. The molecule has 1 N–H and O–H groups in total. The molecule has 1 atom stereocenters. The minimum absolute atomic E-state index is 0.167. The Labute approximate surface area is 197 Å². The number of nitrogens with zero attached hydrogens (tertiary/aromatic N) is 2. The normalized spacial score (nSPS) is 15.6. The lowest BCUT2D eigenvalue weighted by Crippen LogP contribution is -2.26. The number of thioether (sulfide) groups is 1. The number of fused-ring (bicyclic) bond motifs is 1. The average Bonchev–Trinajstić information content (AvgIpc) is 3.09. The number of esters is 1. The van der Waals surface area contributed by atoms with Crippen molar-refractivity contribution in [1.82, 2.24) is 4.98 Å². The van der Waals surface area contributed by atoms with Crippen LogP contribution in [0.2, 0.25) is 0 Å². The predicted molar refractivity (Wildman–Crippen MR) is 128 cm³/mol. The molecule has 1 aliphatic carbocycles. The summed E-state index contributed by atoms with van der Waals surface area (Å²) in [4.78, 5) is 30.8. The minimum Gasteiger partial charge on any atom is -0.465 e. The van der Waals surface area contributed by atoms with Crippen LogP contribution in [0.3, 0.4) is 0 Å². The maximum Gasteiger partial charge on any atom is 0.341 e. The lowest BCUT2D eigenvalue weighted by molar-refractivity contribution is -0.115. The fourth-order valence-electron chi connectivity index (χ4n) is 3.89. The van der Waals surface area contributed by atoms with Crippen LogP contribution < -0.4 is 5.32 Å². The molecule has 0 fully saturated rings. The third-order valence-electron chi connectivity index (χ3n) is 5.82. The molecule has 0 bridgehead atoms. The molecule has 32 heavy (non-hydrogen) atoms. The van der Waals surface area contributed by atoms with Gasteiger partial charge in [-0.1, -0.05) is 20.8 Å². The lowest BCUT2D eigenvalue weighted by atomic mass is 9.72. The highest BCUT2D eigenvalue weighted by atomic mass is 32.2. The molecule has 8 heteroatoms. The van der Waals surface area contributed by atoms with E-state index >= 15 is 0 Å². The molecule has 0 radical (unpaired) electrons. The summed E-state index contributed by atoms with van der Waals surface area (Å²) in [6.45, 7) is 8.62. The second-order valence-electron chi connectivity index (χ2n) is 9.07. The number of aromatic nitrogens is 1. The standard InChI is InChI=1S/C24H29N3O3S2/c1-14-6-7-15(13-25)21(26-14)31-11-10-19(28)27-22-20(23(29)30-5)17-9-8-16(24(2,3)4)12-18(17)32-22/h6-7,16H,8-12H2,1-5H3,(H,27,28). The van der Waals surface area contributed by atoms with Gasteiger partial charge in [0.15, 0.2) is 0 Å². The van der Waals surface area contributed by atoms with Gasteiger partial charge in [-0.3, -0.25) is 4.79 Å². The zero-order valence-corrected chi connectivity index (χ0v) is 20.8. The molecule has 6 nitrogen and oxygen atoms in total. The van der Waals surface area contributed by atoms with Gasteiger partial charge in [-0.2, -0.15) is 5.26 Å². The fraction of sp³-hybridized carbons (Fsp3) is 0.500. The minimum atomic E-state index is -0.399. The van der Waals surface area contributed by atoms with Crippen LogP contribution in [-0.4, -0.2) is 29.7 Å². The number of carbonyl (C=O) groups excluding carboxylic acids is 2. The Balaban J connectivity index is 1.71. The number of nitriles is 1. The Morgan fingerprint density at radius 2 is 2.12 bits per heavy atom. The Kier molecular flexibility index (Phi) is 7.63. The van der Waals surface area contributed by atoms with E-state index < -0.39 is 5.97 Å². The van der Waals surface area contributed by atoms with Crippen LogP contribution in [0.1, 0.15) is 65.7 Å². The Morgan fingerprint density at radius 3 is 2.78 bits per heavy atom. The zero-order chi connectivity index (χ0) is 23.5.